The number of aromatic nitrogens is 2. The van der Waals surface area contributed by atoms with Crippen LogP contribution in [0.4, 0.5) is 17.3 Å². The molecule has 0 unspecified atom stereocenters. The number of anilines is 3. The van der Waals surface area contributed by atoms with Crippen molar-refractivity contribution in [3.63, 3.8) is 0 Å². The van der Waals surface area contributed by atoms with E-state index in [1.54, 1.807) is 6.07 Å². The molecule has 1 heterocycles. The van der Waals surface area contributed by atoms with Crippen LogP contribution >= 0.6 is 0 Å². The van der Waals surface area contributed by atoms with E-state index in [2.05, 4.69) is 34.4 Å². The topological polar surface area (TPSA) is 70.2 Å². The van der Waals surface area contributed by atoms with Crippen LogP contribution in [0.3, 0.4) is 0 Å². The largest absolute Gasteiger partial charge is 0.378 e. The van der Waals surface area contributed by atoms with Crippen LogP contribution in [-0.2, 0) is 0 Å². The molecule has 0 atom stereocenters. The Morgan fingerprint density at radius 1 is 1.16 bits per heavy atom. The van der Waals surface area contributed by atoms with Crippen LogP contribution in [0, 0.1) is 12.8 Å². The van der Waals surface area contributed by atoms with E-state index >= 15 is 0 Å². The Kier molecular flexibility index (Phi) is 6.33. The highest BCUT2D eigenvalue weighted by atomic mass is 16.1. The third kappa shape index (κ3) is 5.74. The molecule has 2 aromatic rings. The van der Waals surface area contributed by atoms with Crippen molar-refractivity contribution in [2.45, 2.75) is 27.2 Å². The minimum Gasteiger partial charge on any atom is -0.378 e. The van der Waals surface area contributed by atoms with Gasteiger partial charge in [-0.1, -0.05) is 13.8 Å². The maximum Gasteiger partial charge on any atom is 0.270 e. The van der Waals surface area contributed by atoms with Crippen molar-refractivity contribution in [2.75, 3.05) is 30.9 Å². The van der Waals surface area contributed by atoms with Crippen molar-refractivity contribution in [1.82, 2.24) is 15.3 Å². The first-order valence-electron chi connectivity index (χ1n) is 8.53. The molecule has 1 aromatic heterocycles. The molecule has 0 spiro atoms. The quantitative estimate of drug-likeness (QED) is 0.808. The van der Waals surface area contributed by atoms with Crippen LogP contribution in [0.2, 0.25) is 0 Å². The van der Waals surface area contributed by atoms with E-state index in [0.29, 0.717) is 24.1 Å². The molecule has 0 saturated heterocycles. The van der Waals surface area contributed by atoms with Crippen molar-refractivity contribution in [3.05, 3.63) is 41.7 Å². The maximum absolute atomic E-state index is 12.3. The molecule has 0 bridgehead atoms. The summed E-state index contributed by atoms with van der Waals surface area (Å²) in [5, 5.41) is 6.07. The molecule has 6 nitrogen and oxygen atoms in total. The lowest BCUT2D eigenvalue weighted by molar-refractivity contribution is 0.0947. The molecular weight excluding hydrogens is 314 g/mol. The fourth-order valence-electron chi connectivity index (χ4n) is 2.28. The second-order valence-corrected chi connectivity index (χ2v) is 6.72. The lowest BCUT2D eigenvalue weighted by Gasteiger charge is -2.13. The van der Waals surface area contributed by atoms with Gasteiger partial charge < -0.3 is 15.5 Å². The summed E-state index contributed by atoms with van der Waals surface area (Å²) in [4.78, 5) is 23.0. The highest BCUT2D eigenvalue weighted by Gasteiger charge is 2.11. The Balaban J connectivity index is 2.08. The molecule has 25 heavy (non-hydrogen) atoms. The van der Waals surface area contributed by atoms with E-state index in [-0.39, 0.29) is 5.91 Å². The van der Waals surface area contributed by atoms with Gasteiger partial charge in [-0.15, -0.1) is 0 Å². The van der Waals surface area contributed by atoms with Crippen LogP contribution in [0.1, 0.15) is 36.5 Å². The molecule has 1 amide bonds. The van der Waals surface area contributed by atoms with Crippen LogP contribution in [0.25, 0.3) is 0 Å². The van der Waals surface area contributed by atoms with Crippen LogP contribution in [-0.4, -0.2) is 36.5 Å². The summed E-state index contributed by atoms with van der Waals surface area (Å²) in [6.07, 6.45) is 0.944. The summed E-state index contributed by atoms with van der Waals surface area (Å²) in [6.45, 7) is 6.76. The minimum atomic E-state index is -0.169. The standard InChI is InChI=1S/C19H27N5O/c1-13(2)10-11-20-18(25)17-12-14(3)21-19(23-17)22-15-6-8-16(9-7-15)24(4)5/h6-9,12-13H,10-11H2,1-5H3,(H,20,25)(H,21,22,23). The van der Waals surface area contributed by atoms with Gasteiger partial charge in [0.05, 0.1) is 0 Å². The first-order chi connectivity index (χ1) is 11.8. The van der Waals surface area contributed by atoms with Gasteiger partial charge in [0.15, 0.2) is 0 Å². The van der Waals surface area contributed by atoms with Crippen molar-refractivity contribution in [1.29, 1.82) is 0 Å². The molecule has 0 saturated carbocycles. The van der Waals surface area contributed by atoms with E-state index in [4.69, 9.17) is 0 Å². The number of hydrogen-bond acceptors (Lipinski definition) is 5. The predicted octanol–water partition coefficient (Wildman–Crippen LogP) is 3.37. The Labute approximate surface area is 149 Å². The molecule has 0 fully saturated rings. The zero-order chi connectivity index (χ0) is 18.4. The molecule has 0 aliphatic heterocycles. The molecular formula is C19H27N5O. The van der Waals surface area contributed by atoms with Gasteiger partial charge in [0.25, 0.3) is 5.91 Å². The Morgan fingerprint density at radius 3 is 2.44 bits per heavy atom. The molecule has 6 heteroatoms. The fourth-order valence-corrected chi connectivity index (χ4v) is 2.28. The maximum atomic E-state index is 12.3. The number of carbonyl (C=O) groups excluding carboxylic acids is 1. The second kappa shape index (κ2) is 8.46. The number of nitrogens with zero attached hydrogens (tertiary/aromatic N) is 3. The van der Waals surface area contributed by atoms with E-state index < -0.39 is 0 Å². The molecule has 2 N–H and O–H groups in total. The van der Waals surface area contributed by atoms with E-state index in [0.717, 1.165) is 23.5 Å². The van der Waals surface area contributed by atoms with Gasteiger partial charge >= 0.3 is 0 Å². The number of amides is 1. The zero-order valence-electron chi connectivity index (χ0n) is 15.6. The lowest BCUT2D eigenvalue weighted by atomic mass is 10.1. The smallest absolute Gasteiger partial charge is 0.270 e. The average molecular weight is 341 g/mol. The molecule has 2 rings (SSSR count). The van der Waals surface area contributed by atoms with Crippen molar-refractivity contribution >= 4 is 23.2 Å². The Bertz CT molecular complexity index is 710. The molecule has 0 aliphatic carbocycles. The van der Waals surface area contributed by atoms with Gasteiger partial charge in [-0.3, -0.25) is 4.79 Å². The summed E-state index contributed by atoms with van der Waals surface area (Å²) in [7, 11) is 3.99. The van der Waals surface area contributed by atoms with Gasteiger partial charge in [-0.25, -0.2) is 9.97 Å². The van der Waals surface area contributed by atoms with Gasteiger partial charge in [0.1, 0.15) is 5.69 Å². The number of hydrogen-bond donors (Lipinski definition) is 2. The van der Waals surface area contributed by atoms with Crippen LogP contribution < -0.4 is 15.5 Å². The highest BCUT2D eigenvalue weighted by molar-refractivity contribution is 5.92. The first kappa shape index (κ1) is 18.7. The van der Waals surface area contributed by atoms with Gasteiger partial charge in [-0.2, -0.15) is 0 Å². The number of aryl methyl sites for hydroxylation is 1. The summed E-state index contributed by atoms with van der Waals surface area (Å²) in [5.74, 6) is 0.804. The van der Waals surface area contributed by atoms with E-state index in [1.807, 2.05) is 50.2 Å². The number of carbonyl (C=O) groups is 1. The van der Waals surface area contributed by atoms with Crippen molar-refractivity contribution in [2.24, 2.45) is 5.92 Å². The van der Waals surface area contributed by atoms with Crippen LogP contribution in [0.5, 0.6) is 0 Å². The Morgan fingerprint density at radius 2 is 1.84 bits per heavy atom. The first-order valence-corrected chi connectivity index (χ1v) is 8.53. The second-order valence-electron chi connectivity index (χ2n) is 6.72. The predicted molar refractivity (Wildman–Crippen MR) is 103 cm³/mol. The highest BCUT2D eigenvalue weighted by Crippen LogP contribution is 2.18. The van der Waals surface area contributed by atoms with Gasteiger partial charge in [0, 0.05) is 37.7 Å². The number of rotatable bonds is 7. The molecule has 0 radical (unpaired) electrons. The number of benzene rings is 1. The Hall–Kier alpha value is -2.63. The SMILES string of the molecule is Cc1cc(C(=O)NCCC(C)C)nc(Nc2ccc(N(C)C)cc2)n1. The van der Waals surface area contributed by atoms with Crippen LogP contribution in [0.15, 0.2) is 30.3 Å². The zero-order valence-corrected chi connectivity index (χ0v) is 15.6. The molecule has 1 aromatic carbocycles. The van der Waals surface area contributed by atoms with Gasteiger partial charge in [-0.05, 0) is 49.6 Å². The fraction of sp³-hybridized carbons (Fsp3) is 0.421. The minimum absolute atomic E-state index is 0.169. The summed E-state index contributed by atoms with van der Waals surface area (Å²) < 4.78 is 0. The molecule has 134 valence electrons. The average Bonchev–Trinajstić information content (AvgIpc) is 2.54. The monoisotopic (exact) mass is 341 g/mol. The third-order valence-corrected chi connectivity index (χ3v) is 3.73. The summed E-state index contributed by atoms with van der Waals surface area (Å²) in [6, 6.07) is 9.65. The summed E-state index contributed by atoms with van der Waals surface area (Å²) in [5.41, 5.74) is 3.11. The number of nitrogens with one attached hydrogen (secondary N) is 2. The van der Waals surface area contributed by atoms with Crippen molar-refractivity contribution in [3.8, 4) is 0 Å². The van der Waals surface area contributed by atoms with Gasteiger partial charge in [0.2, 0.25) is 5.95 Å². The van der Waals surface area contributed by atoms with Crippen molar-refractivity contribution < 1.29 is 4.79 Å². The third-order valence-electron chi connectivity index (χ3n) is 3.73. The lowest BCUT2D eigenvalue weighted by Crippen LogP contribution is -2.26. The molecule has 0 aliphatic rings. The normalized spacial score (nSPS) is 10.6. The van der Waals surface area contributed by atoms with E-state index in [9.17, 15) is 4.79 Å². The summed E-state index contributed by atoms with van der Waals surface area (Å²) >= 11 is 0. The van der Waals surface area contributed by atoms with E-state index in [1.165, 1.54) is 0 Å².